The molecule has 0 aromatic heterocycles. The van der Waals surface area contributed by atoms with E-state index >= 15 is 0 Å². The third-order valence-electron chi connectivity index (χ3n) is 7.26. The summed E-state index contributed by atoms with van der Waals surface area (Å²) in [5.41, 5.74) is 8.10. The zero-order valence-electron chi connectivity index (χ0n) is 23.6. The molecule has 1 fully saturated rings. The highest BCUT2D eigenvalue weighted by atomic mass is 16.2. The third-order valence-corrected chi connectivity index (χ3v) is 7.26. The van der Waals surface area contributed by atoms with E-state index < -0.39 is 5.79 Å². The number of Topliss-reactive ketones (excluding diaryl/α,β-unsaturated/α-hetero) is 1. The Balaban J connectivity index is 1.56. The number of carbonyl (C=O) groups excluding carboxylic acids is 3. The van der Waals surface area contributed by atoms with Gasteiger partial charge >= 0.3 is 6.03 Å². The standard InChI is InChI=1S/C31H37N7O3/c1-21(39)26-9-6-10-27(19-26)34-30(41)38(28-17-15-24(16-18-28)23-7-4-3-5-8-23)20-22-11-13-25(14-12-22)29(40)35-31(2,32)36-37-33/h6,9-19,23H,3-5,7-8,20,32H2,1-2H3,(H2,33,36)(H,34,41)(H,35,40)/p+1. The van der Waals surface area contributed by atoms with Gasteiger partial charge in [0.25, 0.3) is 11.7 Å². The first-order chi connectivity index (χ1) is 19.6. The summed E-state index contributed by atoms with van der Waals surface area (Å²) in [6.45, 7) is 3.33. The van der Waals surface area contributed by atoms with Crippen LogP contribution in [0.3, 0.4) is 0 Å². The Morgan fingerprint density at radius 3 is 2.29 bits per heavy atom. The molecule has 10 heteroatoms. The number of quaternary nitrogens is 1. The monoisotopic (exact) mass is 556 g/mol. The Labute approximate surface area is 240 Å². The van der Waals surface area contributed by atoms with Gasteiger partial charge in [0.1, 0.15) is 0 Å². The first kappa shape index (κ1) is 29.4. The number of carbonyl (C=O) groups is 3. The zero-order valence-corrected chi connectivity index (χ0v) is 23.6. The van der Waals surface area contributed by atoms with Crippen LogP contribution in [0.5, 0.6) is 0 Å². The Bertz CT molecular complexity index is 1400. The lowest BCUT2D eigenvalue weighted by atomic mass is 9.84. The maximum atomic E-state index is 13.6. The number of anilines is 2. The van der Waals surface area contributed by atoms with Gasteiger partial charge in [-0.25, -0.2) is 4.79 Å². The quantitative estimate of drug-likeness (QED) is 0.0945. The van der Waals surface area contributed by atoms with E-state index in [0.717, 1.165) is 11.3 Å². The highest BCUT2D eigenvalue weighted by Crippen LogP contribution is 2.33. The maximum absolute atomic E-state index is 13.6. The molecule has 0 radical (unpaired) electrons. The Morgan fingerprint density at radius 2 is 1.66 bits per heavy atom. The van der Waals surface area contributed by atoms with Gasteiger partial charge in [-0.3, -0.25) is 19.8 Å². The minimum Gasteiger partial charge on any atom is -0.315 e. The Kier molecular flexibility index (Phi) is 9.46. The molecule has 3 aromatic carbocycles. The van der Waals surface area contributed by atoms with Crippen LogP contribution in [-0.2, 0) is 6.54 Å². The molecule has 1 saturated carbocycles. The van der Waals surface area contributed by atoms with Gasteiger partial charge in [-0.15, -0.1) is 0 Å². The van der Waals surface area contributed by atoms with Gasteiger partial charge in [0.05, 0.1) is 6.54 Å². The fourth-order valence-electron chi connectivity index (χ4n) is 5.06. The molecule has 3 amide bonds. The lowest BCUT2D eigenvalue weighted by Crippen LogP contribution is -2.77. The second-order valence-corrected chi connectivity index (χ2v) is 10.7. The topological polar surface area (TPSA) is 157 Å². The minimum atomic E-state index is -1.19. The summed E-state index contributed by atoms with van der Waals surface area (Å²) < 4.78 is 0. The van der Waals surface area contributed by atoms with Gasteiger partial charge in [0, 0.05) is 29.4 Å². The Morgan fingerprint density at radius 1 is 0.976 bits per heavy atom. The van der Waals surface area contributed by atoms with Gasteiger partial charge in [0.15, 0.2) is 5.78 Å². The van der Waals surface area contributed by atoms with E-state index in [-0.39, 0.29) is 24.3 Å². The van der Waals surface area contributed by atoms with Crippen LogP contribution in [0.25, 0.3) is 0 Å². The van der Waals surface area contributed by atoms with Crippen LogP contribution in [-0.4, -0.2) is 23.5 Å². The molecule has 214 valence electrons. The lowest BCUT2D eigenvalue weighted by molar-refractivity contribution is -0.477. The molecular weight excluding hydrogens is 518 g/mol. The van der Waals surface area contributed by atoms with Crippen molar-refractivity contribution in [2.45, 2.75) is 64.2 Å². The Hall–Kier alpha value is -4.57. The van der Waals surface area contributed by atoms with Crippen molar-refractivity contribution in [3.05, 3.63) is 95.1 Å². The summed E-state index contributed by atoms with van der Waals surface area (Å²) in [6, 6.07) is 21.7. The summed E-state index contributed by atoms with van der Waals surface area (Å²) >= 11 is 0. The number of urea groups is 1. The molecule has 3 aromatic rings. The predicted octanol–water partition coefficient (Wildman–Crippen LogP) is 5.15. The van der Waals surface area contributed by atoms with Crippen molar-refractivity contribution in [3.8, 4) is 0 Å². The molecule has 1 aliphatic rings. The predicted molar refractivity (Wildman–Crippen MR) is 158 cm³/mol. The SMILES string of the molecule is CC(=O)c1cccc(NC(=O)N(Cc2ccc(C(=O)NC(C)([NH3+])N=NN)cc2)c2ccc(C3CCCCC3)cc2)c1. The average molecular weight is 557 g/mol. The van der Waals surface area contributed by atoms with Crippen molar-refractivity contribution >= 4 is 29.1 Å². The van der Waals surface area contributed by atoms with Crippen LogP contribution < -0.4 is 27.1 Å². The van der Waals surface area contributed by atoms with Crippen molar-refractivity contribution in [1.82, 2.24) is 5.32 Å². The van der Waals surface area contributed by atoms with E-state index in [4.69, 9.17) is 5.84 Å². The molecule has 0 spiro atoms. The number of benzene rings is 3. The van der Waals surface area contributed by atoms with Crippen molar-refractivity contribution in [2.24, 2.45) is 16.2 Å². The fraction of sp³-hybridized carbons (Fsp3) is 0.323. The number of ketones is 1. The van der Waals surface area contributed by atoms with E-state index in [9.17, 15) is 14.4 Å². The summed E-state index contributed by atoms with van der Waals surface area (Å²) in [4.78, 5) is 39.8. The molecule has 41 heavy (non-hydrogen) atoms. The van der Waals surface area contributed by atoms with Crippen LogP contribution in [0.2, 0.25) is 0 Å². The first-order valence-electron chi connectivity index (χ1n) is 13.8. The molecule has 1 atom stereocenters. The number of rotatable bonds is 9. The van der Waals surface area contributed by atoms with Crippen molar-refractivity contribution < 1.29 is 20.1 Å². The number of nitrogens with one attached hydrogen (secondary N) is 2. The molecule has 7 N–H and O–H groups in total. The zero-order chi connectivity index (χ0) is 29.4. The van der Waals surface area contributed by atoms with E-state index in [1.165, 1.54) is 44.6 Å². The largest absolute Gasteiger partial charge is 0.326 e. The molecule has 0 aliphatic heterocycles. The summed E-state index contributed by atoms with van der Waals surface area (Å²) in [5.74, 6) is 4.01. The molecule has 1 unspecified atom stereocenters. The van der Waals surface area contributed by atoms with Crippen LogP contribution in [0, 0.1) is 0 Å². The van der Waals surface area contributed by atoms with Gasteiger partial charge in [-0.2, -0.15) is 0 Å². The van der Waals surface area contributed by atoms with E-state index in [0.29, 0.717) is 22.7 Å². The fourth-order valence-corrected chi connectivity index (χ4v) is 5.06. The van der Waals surface area contributed by atoms with Crippen LogP contribution in [0.4, 0.5) is 16.2 Å². The van der Waals surface area contributed by atoms with Gasteiger partial charge in [-0.05, 0) is 73.2 Å². The van der Waals surface area contributed by atoms with Crippen LogP contribution >= 0.6 is 0 Å². The molecule has 0 saturated heterocycles. The normalized spacial score (nSPS) is 15.2. The highest BCUT2D eigenvalue weighted by molar-refractivity contribution is 6.03. The molecule has 10 nitrogen and oxygen atoms in total. The number of amides is 3. The minimum absolute atomic E-state index is 0.0781. The van der Waals surface area contributed by atoms with Gasteiger partial charge in [0.2, 0.25) is 0 Å². The average Bonchev–Trinajstić information content (AvgIpc) is 2.96. The second-order valence-electron chi connectivity index (χ2n) is 10.7. The van der Waals surface area contributed by atoms with E-state index in [1.54, 1.807) is 60.4 Å². The van der Waals surface area contributed by atoms with Gasteiger partial charge in [-0.1, -0.05) is 66.0 Å². The summed E-state index contributed by atoms with van der Waals surface area (Å²) in [7, 11) is 0. The maximum Gasteiger partial charge on any atom is 0.326 e. The number of hydrogen-bond acceptors (Lipinski definition) is 5. The molecule has 1 aliphatic carbocycles. The van der Waals surface area contributed by atoms with Crippen molar-refractivity contribution in [2.75, 3.05) is 10.2 Å². The number of nitrogens with two attached hydrogens (primary N) is 1. The third kappa shape index (κ3) is 7.98. The molecular formula is C31H38N7O3+. The summed E-state index contributed by atoms with van der Waals surface area (Å²) in [6.07, 6.45) is 6.18. The smallest absolute Gasteiger partial charge is 0.315 e. The van der Waals surface area contributed by atoms with Crippen molar-refractivity contribution in [1.29, 1.82) is 0 Å². The summed E-state index contributed by atoms with van der Waals surface area (Å²) in [5, 5.41) is 12.5. The number of nitrogens with zero attached hydrogens (tertiary/aromatic N) is 3. The first-order valence-corrected chi connectivity index (χ1v) is 13.8. The number of hydrogen-bond donors (Lipinski definition) is 4. The highest BCUT2D eigenvalue weighted by Gasteiger charge is 2.25. The van der Waals surface area contributed by atoms with E-state index in [2.05, 4.69) is 38.8 Å². The van der Waals surface area contributed by atoms with Gasteiger partial charge < -0.3 is 16.9 Å². The van der Waals surface area contributed by atoms with E-state index in [1.807, 2.05) is 12.1 Å². The van der Waals surface area contributed by atoms with Crippen LogP contribution in [0.15, 0.2) is 83.1 Å². The second kappa shape index (κ2) is 13.2. The molecule has 4 rings (SSSR count). The molecule has 0 bridgehead atoms. The van der Waals surface area contributed by atoms with Crippen LogP contribution in [0.1, 0.15) is 83.7 Å². The molecule has 0 heterocycles. The lowest BCUT2D eigenvalue weighted by Gasteiger charge is -2.26. The van der Waals surface area contributed by atoms with Crippen molar-refractivity contribution in [3.63, 3.8) is 0 Å².